The van der Waals surface area contributed by atoms with Crippen LogP contribution in [0.3, 0.4) is 0 Å². The average molecular weight is 296 g/mol. The first-order valence-corrected chi connectivity index (χ1v) is 7.32. The first kappa shape index (κ1) is 12.5. The fraction of sp³-hybridized carbons (Fsp3) is 0.333. The van der Waals surface area contributed by atoms with E-state index in [1.165, 1.54) is 16.0 Å². The summed E-state index contributed by atoms with van der Waals surface area (Å²) < 4.78 is 2.21. The molecule has 0 saturated heterocycles. The first-order chi connectivity index (χ1) is 9.16. The van der Waals surface area contributed by atoms with Gasteiger partial charge in [0.1, 0.15) is 11.5 Å². The summed E-state index contributed by atoms with van der Waals surface area (Å²) in [5, 5.41) is 15.4. The number of thiophene rings is 1. The van der Waals surface area contributed by atoms with Gasteiger partial charge in [-0.15, -0.1) is 11.3 Å². The van der Waals surface area contributed by atoms with Crippen molar-refractivity contribution in [3.8, 4) is 10.6 Å². The normalized spacial score (nSPS) is 14.6. The van der Waals surface area contributed by atoms with Crippen molar-refractivity contribution in [1.82, 2.24) is 9.78 Å². The molecule has 0 aromatic carbocycles. The molecule has 3 rings (SSSR count). The molecule has 0 saturated carbocycles. The van der Waals surface area contributed by atoms with Crippen LogP contribution in [0.5, 0.6) is 0 Å². The molecule has 0 aliphatic carbocycles. The zero-order valence-corrected chi connectivity index (χ0v) is 11.8. The van der Waals surface area contributed by atoms with Crippen molar-refractivity contribution in [2.24, 2.45) is 5.73 Å². The van der Waals surface area contributed by atoms with Gasteiger partial charge in [-0.25, -0.2) is 0 Å². The number of nitrogens with one attached hydrogen (secondary N) is 2. The van der Waals surface area contributed by atoms with Crippen molar-refractivity contribution in [3.63, 3.8) is 0 Å². The molecule has 0 spiro atoms. The quantitative estimate of drug-likeness (QED) is 0.559. The number of hydrogen-bond donors (Lipinski definition) is 3. The van der Waals surface area contributed by atoms with Crippen molar-refractivity contribution >= 4 is 34.7 Å². The Balaban J connectivity index is 2.16. The lowest BCUT2D eigenvalue weighted by Gasteiger charge is -2.06. The number of nitrogens with zero attached hydrogens (tertiary/aromatic N) is 2. The summed E-state index contributed by atoms with van der Waals surface area (Å²) in [5.74, 6) is 0.782. The number of rotatable bonds is 1. The molecule has 2 aromatic rings. The van der Waals surface area contributed by atoms with Crippen LogP contribution in [0.25, 0.3) is 10.6 Å². The molecule has 2 aromatic heterocycles. The Kier molecular flexibility index (Phi) is 3.20. The highest BCUT2D eigenvalue weighted by atomic mass is 35.5. The summed E-state index contributed by atoms with van der Waals surface area (Å²) in [7, 11) is 0. The van der Waals surface area contributed by atoms with Crippen LogP contribution in [0, 0.1) is 5.41 Å². The highest BCUT2D eigenvalue weighted by Gasteiger charge is 2.22. The Hall–Kier alpha value is -1.53. The molecule has 0 fully saturated rings. The van der Waals surface area contributed by atoms with E-state index in [2.05, 4.69) is 10.4 Å². The van der Waals surface area contributed by atoms with E-state index in [0.29, 0.717) is 0 Å². The Labute approximate surface area is 119 Å². The second-order valence-electron chi connectivity index (χ2n) is 4.46. The van der Waals surface area contributed by atoms with Crippen LogP contribution in [-0.2, 0) is 6.42 Å². The van der Waals surface area contributed by atoms with Gasteiger partial charge in [-0.3, -0.25) is 5.41 Å². The molecule has 5 nitrogen and oxygen atoms in total. The highest BCUT2D eigenvalue weighted by molar-refractivity contribution is 7.19. The smallest absolute Gasteiger partial charge is 0.215 e. The van der Waals surface area contributed by atoms with E-state index >= 15 is 0 Å². The summed E-state index contributed by atoms with van der Waals surface area (Å²) in [6, 6.07) is 3.83. The molecule has 0 unspecified atom stereocenters. The van der Waals surface area contributed by atoms with Gasteiger partial charge < -0.3 is 11.1 Å². The molecule has 1 aliphatic heterocycles. The zero-order valence-electron chi connectivity index (χ0n) is 10.2. The lowest BCUT2D eigenvalue weighted by Crippen LogP contribution is -2.24. The fourth-order valence-electron chi connectivity index (χ4n) is 2.32. The Bertz CT molecular complexity index is 630. The molecule has 3 heterocycles. The van der Waals surface area contributed by atoms with Crippen LogP contribution in [0.2, 0.25) is 4.34 Å². The van der Waals surface area contributed by atoms with Crippen LogP contribution >= 0.6 is 22.9 Å². The fourth-order valence-corrected chi connectivity index (χ4v) is 3.37. The molecule has 0 atom stereocenters. The Morgan fingerprint density at radius 1 is 1.47 bits per heavy atom. The second-order valence-corrected chi connectivity index (χ2v) is 6.18. The third-order valence-corrected chi connectivity index (χ3v) is 4.40. The number of fused-ring (bicyclic) bond motifs is 1. The van der Waals surface area contributed by atoms with E-state index in [0.717, 1.165) is 52.1 Å². The molecule has 0 amide bonds. The lowest BCUT2D eigenvalue weighted by molar-refractivity contribution is 0.781. The van der Waals surface area contributed by atoms with E-state index in [1.54, 1.807) is 0 Å². The van der Waals surface area contributed by atoms with Crippen molar-refractivity contribution in [2.75, 3.05) is 11.9 Å². The van der Waals surface area contributed by atoms with E-state index in [9.17, 15) is 0 Å². The first-order valence-electron chi connectivity index (χ1n) is 6.12. The summed E-state index contributed by atoms with van der Waals surface area (Å²) in [5.41, 5.74) is 7.62. The SMILES string of the molecule is N=C(N)n1nc(-c2ccc(Cl)s2)c2c1NCCCC2. The summed E-state index contributed by atoms with van der Waals surface area (Å²) in [6.07, 6.45) is 3.16. The molecule has 19 heavy (non-hydrogen) atoms. The highest BCUT2D eigenvalue weighted by Crippen LogP contribution is 2.36. The number of aromatic nitrogens is 2. The van der Waals surface area contributed by atoms with Crippen LogP contribution in [0.4, 0.5) is 5.82 Å². The van der Waals surface area contributed by atoms with E-state index < -0.39 is 0 Å². The van der Waals surface area contributed by atoms with Crippen molar-refractivity contribution in [1.29, 1.82) is 5.41 Å². The van der Waals surface area contributed by atoms with Crippen LogP contribution in [0.1, 0.15) is 18.4 Å². The topological polar surface area (TPSA) is 79.7 Å². The maximum atomic E-state index is 7.64. The summed E-state index contributed by atoms with van der Waals surface area (Å²) >= 11 is 7.49. The van der Waals surface area contributed by atoms with E-state index in [-0.39, 0.29) is 5.96 Å². The van der Waals surface area contributed by atoms with Gasteiger partial charge in [0.25, 0.3) is 0 Å². The van der Waals surface area contributed by atoms with Gasteiger partial charge in [-0.2, -0.15) is 9.78 Å². The van der Waals surface area contributed by atoms with Gasteiger partial charge in [0.05, 0.1) is 9.21 Å². The van der Waals surface area contributed by atoms with Gasteiger partial charge in [-0.1, -0.05) is 11.6 Å². The molecule has 0 radical (unpaired) electrons. The number of nitrogen functional groups attached to an aromatic ring is 1. The summed E-state index contributed by atoms with van der Waals surface area (Å²) in [6.45, 7) is 0.886. The lowest BCUT2D eigenvalue weighted by atomic mass is 10.1. The van der Waals surface area contributed by atoms with Crippen LogP contribution in [0.15, 0.2) is 12.1 Å². The molecular weight excluding hydrogens is 282 g/mol. The van der Waals surface area contributed by atoms with E-state index in [4.69, 9.17) is 22.7 Å². The van der Waals surface area contributed by atoms with Gasteiger partial charge in [0, 0.05) is 12.1 Å². The number of anilines is 1. The molecular formula is C12H14ClN5S. The predicted octanol–water partition coefficient (Wildman–Crippen LogP) is 2.75. The molecule has 4 N–H and O–H groups in total. The molecule has 100 valence electrons. The molecule has 1 aliphatic rings. The van der Waals surface area contributed by atoms with Crippen molar-refractivity contribution in [2.45, 2.75) is 19.3 Å². The maximum absolute atomic E-state index is 7.64. The minimum Gasteiger partial charge on any atom is -0.370 e. The summed E-state index contributed by atoms with van der Waals surface area (Å²) in [4.78, 5) is 1.02. The van der Waals surface area contributed by atoms with Gasteiger partial charge >= 0.3 is 0 Å². The largest absolute Gasteiger partial charge is 0.370 e. The van der Waals surface area contributed by atoms with Gasteiger partial charge in [-0.05, 0) is 31.4 Å². The Morgan fingerprint density at radius 2 is 2.32 bits per heavy atom. The maximum Gasteiger partial charge on any atom is 0.215 e. The minimum atomic E-state index is -0.0699. The molecule has 7 heteroatoms. The third-order valence-electron chi connectivity index (χ3n) is 3.16. The van der Waals surface area contributed by atoms with Crippen LogP contribution < -0.4 is 11.1 Å². The van der Waals surface area contributed by atoms with Gasteiger partial charge in [0.15, 0.2) is 0 Å². The standard InChI is InChI=1S/C12H14ClN5S/c13-9-5-4-8(19-9)10-7-3-1-2-6-16-11(7)18(17-10)12(14)15/h4-5,16H,1-3,6H2,(H3,14,15). The third kappa shape index (κ3) is 2.21. The Morgan fingerprint density at radius 3 is 3.00 bits per heavy atom. The van der Waals surface area contributed by atoms with Crippen molar-refractivity contribution in [3.05, 3.63) is 22.0 Å². The monoisotopic (exact) mass is 295 g/mol. The minimum absolute atomic E-state index is 0.0699. The number of hydrogen-bond acceptors (Lipinski definition) is 4. The second kappa shape index (κ2) is 4.86. The number of halogens is 1. The average Bonchev–Trinajstić information content (AvgIpc) is 2.86. The zero-order chi connectivity index (χ0) is 13.4. The van der Waals surface area contributed by atoms with Crippen molar-refractivity contribution < 1.29 is 0 Å². The molecule has 0 bridgehead atoms. The predicted molar refractivity (Wildman–Crippen MR) is 79.3 cm³/mol. The van der Waals surface area contributed by atoms with Gasteiger partial charge in [0.2, 0.25) is 5.96 Å². The number of nitrogens with two attached hydrogens (primary N) is 1. The van der Waals surface area contributed by atoms with E-state index in [1.807, 2.05) is 12.1 Å². The van der Waals surface area contributed by atoms with Crippen LogP contribution in [-0.4, -0.2) is 22.3 Å².